The van der Waals surface area contributed by atoms with Gasteiger partial charge in [-0.15, -0.1) is 11.3 Å². The van der Waals surface area contributed by atoms with Crippen molar-refractivity contribution in [2.24, 2.45) is 5.41 Å². The number of aromatic nitrogens is 1. The highest BCUT2D eigenvalue weighted by molar-refractivity contribution is 7.07. The van der Waals surface area contributed by atoms with Crippen LogP contribution in [0.3, 0.4) is 0 Å². The summed E-state index contributed by atoms with van der Waals surface area (Å²) >= 11 is 1.45. The number of carbonyl (C=O) groups excluding carboxylic acids is 2. The summed E-state index contributed by atoms with van der Waals surface area (Å²) < 4.78 is 0. The molecule has 0 N–H and O–H groups in total. The molecule has 4 heterocycles. The van der Waals surface area contributed by atoms with Crippen LogP contribution in [0.25, 0.3) is 0 Å². The molecule has 142 valence electrons. The second-order valence-electron chi connectivity index (χ2n) is 7.77. The molecule has 0 radical (unpaired) electrons. The molecule has 0 aromatic carbocycles. The van der Waals surface area contributed by atoms with Crippen LogP contribution in [0.15, 0.2) is 10.9 Å². The molecule has 1 aromatic heterocycles. The minimum Gasteiger partial charge on any atom is -0.340 e. The van der Waals surface area contributed by atoms with Gasteiger partial charge in [0.2, 0.25) is 5.91 Å². The molecule has 26 heavy (non-hydrogen) atoms. The second-order valence-corrected chi connectivity index (χ2v) is 8.49. The van der Waals surface area contributed by atoms with Gasteiger partial charge >= 0.3 is 0 Å². The lowest BCUT2D eigenvalue weighted by atomic mass is 9.70. The minimum atomic E-state index is -0.400. The standard InChI is InChI=1S/C19H28N4O2S/c1-3-19(18(25)22-9-7-21(4-2)8-10-22)11-14-5-6-16(19)23(14)17(24)15-12-26-13-20-15/h12-14,16H,3-11H2,1-2H3/t14-,16+,19+/m0/s1. The first kappa shape index (κ1) is 17.9. The zero-order valence-electron chi connectivity index (χ0n) is 15.7. The quantitative estimate of drug-likeness (QED) is 0.807. The Morgan fingerprint density at radius 1 is 1.23 bits per heavy atom. The summed E-state index contributed by atoms with van der Waals surface area (Å²) in [6, 6.07) is 0.221. The topological polar surface area (TPSA) is 56.8 Å². The van der Waals surface area contributed by atoms with Crippen LogP contribution in [0.1, 0.15) is 50.0 Å². The van der Waals surface area contributed by atoms with Crippen LogP contribution in [0.2, 0.25) is 0 Å². The zero-order valence-corrected chi connectivity index (χ0v) is 16.5. The first-order chi connectivity index (χ1) is 12.6. The Hall–Kier alpha value is -1.47. The fraction of sp³-hybridized carbons (Fsp3) is 0.737. The number of fused-ring (bicyclic) bond motifs is 2. The minimum absolute atomic E-state index is 0.0117. The highest BCUT2D eigenvalue weighted by atomic mass is 32.1. The number of rotatable bonds is 4. The maximum Gasteiger partial charge on any atom is 0.273 e. The lowest BCUT2D eigenvalue weighted by Crippen LogP contribution is -2.56. The van der Waals surface area contributed by atoms with Crippen molar-refractivity contribution in [3.05, 3.63) is 16.6 Å². The Morgan fingerprint density at radius 2 is 2.00 bits per heavy atom. The van der Waals surface area contributed by atoms with E-state index in [-0.39, 0.29) is 23.9 Å². The number of piperazine rings is 1. The molecule has 7 heteroatoms. The Morgan fingerprint density at radius 3 is 2.62 bits per heavy atom. The molecule has 1 aromatic rings. The van der Waals surface area contributed by atoms with Gasteiger partial charge < -0.3 is 14.7 Å². The number of likely N-dealkylation sites (N-methyl/N-ethyl adjacent to an activating group) is 1. The molecule has 3 aliphatic rings. The van der Waals surface area contributed by atoms with Gasteiger partial charge in [0.25, 0.3) is 5.91 Å². The molecular formula is C19H28N4O2S. The van der Waals surface area contributed by atoms with E-state index in [1.54, 1.807) is 5.51 Å². The largest absolute Gasteiger partial charge is 0.340 e. The van der Waals surface area contributed by atoms with Gasteiger partial charge in [0.1, 0.15) is 5.69 Å². The molecule has 3 aliphatic heterocycles. The fourth-order valence-electron chi connectivity index (χ4n) is 5.28. The molecule has 2 bridgehead atoms. The molecule has 3 atom stereocenters. The summed E-state index contributed by atoms with van der Waals surface area (Å²) in [5.41, 5.74) is 1.84. The third-order valence-electron chi connectivity index (χ3n) is 6.79. The van der Waals surface area contributed by atoms with Crippen LogP contribution >= 0.6 is 11.3 Å². The second kappa shape index (κ2) is 6.93. The number of hydrogen-bond acceptors (Lipinski definition) is 5. The third-order valence-corrected chi connectivity index (χ3v) is 7.38. The van der Waals surface area contributed by atoms with E-state index in [0.717, 1.165) is 58.4 Å². The molecular weight excluding hydrogens is 348 g/mol. The monoisotopic (exact) mass is 376 g/mol. The predicted octanol–water partition coefficient (Wildman–Crippen LogP) is 2.08. The summed E-state index contributed by atoms with van der Waals surface area (Å²) in [4.78, 5) is 37.2. The van der Waals surface area contributed by atoms with Crippen molar-refractivity contribution < 1.29 is 9.59 Å². The van der Waals surface area contributed by atoms with Gasteiger partial charge in [0, 0.05) is 43.6 Å². The Balaban J connectivity index is 1.55. The highest BCUT2D eigenvalue weighted by Crippen LogP contribution is 2.53. The Bertz CT molecular complexity index is 671. The van der Waals surface area contributed by atoms with Crippen molar-refractivity contribution in [2.75, 3.05) is 32.7 Å². The molecule has 4 rings (SSSR count). The van der Waals surface area contributed by atoms with Crippen LogP contribution in [0.5, 0.6) is 0 Å². The van der Waals surface area contributed by atoms with Crippen molar-refractivity contribution in [1.29, 1.82) is 0 Å². The molecule has 0 aliphatic carbocycles. The number of amides is 2. The Labute approximate surface area is 159 Å². The smallest absolute Gasteiger partial charge is 0.273 e. The number of carbonyl (C=O) groups is 2. The van der Waals surface area contributed by atoms with E-state index >= 15 is 0 Å². The van der Waals surface area contributed by atoms with Gasteiger partial charge in [-0.25, -0.2) is 4.98 Å². The molecule has 6 nitrogen and oxygen atoms in total. The fourth-order valence-corrected chi connectivity index (χ4v) is 5.81. The van der Waals surface area contributed by atoms with E-state index in [9.17, 15) is 9.59 Å². The lowest BCUT2D eigenvalue weighted by Gasteiger charge is -2.42. The van der Waals surface area contributed by atoms with Crippen molar-refractivity contribution >= 4 is 23.2 Å². The van der Waals surface area contributed by atoms with E-state index in [1.807, 2.05) is 10.3 Å². The maximum absolute atomic E-state index is 13.5. The van der Waals surface area contributed by atoms with Gasteiger partial charge in [-0.1, -0.05) is 13.8 Å². The van der Waals surface area contributed by atoms with Crippen LogP contribution in [-0.4, -0.2) is 76.3 Å². The normalized spacial score (nSPS) is 31.6. The van der Waals surface area contributed by atoms with Gasteiger partial charge in [-0.3, -0.25) is 9.59 Å². The van der Waals surface area contributed by atoms with E-state index in [0.29, 0.717) is 5.69 Å². The van der Waals surface area contributed by atoms with Gasteiger partial charge in [-0.05, 0) is 32.2 Å². The summed E-state index contributed by atoms with van der Waals surface area (Å²) in [7, 11) is 0. The number of hydrogen-bond donors (Lipinski definition) is 0. The van der Waals surface area contributed by atoms with Crippen molar-refractivity contribution in [3.8, 4) is 0 Å². The molecule has 3 saturated heterocycles. The average Bonchev–Trinajstić information content (AvgIpc) is 3.42. The average molecular weight is 377 g/mol. The summed E-state index contributed by atoms with van der Waals surface area (Å²) in [5, 5.41) is 1.82. The molecule has 0 spiro atoms. The SMILES string of the molecule is CCN1CCN(C(=O)[C@]2(CC)C[C@@H]3CC[C@H]2N3C(=O)c2cscn2)CC1. The first-order valence-electron chi connectivity index (χ1n) is 9.83. The lowest BCUT2D eigenvalue weighted by molar-refractivity contribution is -0.146. The van der Waals surface area contributed by atoms with Crippen molar-refractivity contribution in [1.82, 2.24) is 19.7 Å². The highest BCUT2D eigenvalue weighted by Gasteiger charge is 2.61. The van der Waals surface area contributed by atoms with E-state index in [4.69, 9.17) is 0 Å². The molecule has 2 amide bonds. The third kappa shape index (κ3) is 2.67. The van der Waals surface area contributed by atoms with Crippen molar-refractivity contribution in [2.45, 2.75) is 51.6 Å². The van der Waals surface area contributed by atoms with Crippen LogP contribution in [0, 0.1) is 5.41 Å². The van der Waals surface area contributed by atoms with E-state index in [2.05, 4.69) is 28.6 Å². The number of thiazole rings is 1. The van der Waals surface area contributed by atoms with Gasteiger partial charge in [-0.2, -0.15) is 0 Å². The summed E-state index contributed by atoms with van der Waals surface area (Å²) in [6.45, 7) is 8.86. The van der Waals surface area contributed by atoms with Crippen LogP contribution in [0.4, 0.5) is 0 Å². The molecule has 0 unspecified atom stereocenters. The van der Waals surface area contributed by atoms with E-state index in [1.165, 1.54) is 11.3 Å². The van der Waals surface area contributed by atoms with Gasteiger partial charge in [0.15, 0.2) is 0 Å². The first-order valence-corrected chi connectivity index (χ1v) is 10.8. The maximum atomic E-state index is 13.5. The number of nitrogens with zero attached hydrogens (tertiary/aromatic N) is 4. The van der Waals surface area contributed by atoms with Crippen molar-refractivity contribution in [3.63, 3.8) is 0 Å². The van der Waals surface area contributed by atoms with E-state index < -0.39 is 5.41 Å². The summed E-state index contributed by atoms with van der Waals surface area (Å²) in [6.07, 6.45) is 3.58. The zero-order chi connectivity index (χ0) is 18.3. The molecule has 3 fully saturated rings. The molecule has 0 saturated carbocycles. The summed E-state index contributed by atoms with van der Waals surface area (Å²) in [5.74, 6) is 0.289. The van der Waals surface area contributed by atoms with Crippen LogP contribution in [-0.2, 0) is 4.79 Å². The Kier molecular flexibility index (Phi) is 4.77. The predicted molar refractivity (Wildman–Crippen MR) is 101 cm³/mol. The van der Waals surface area contributed by atoms with Crippen LogP contribution < -0.4 is 0 Å². The van der Waals surface area contributed by atoms with Gasteiger partial charge in [0.05, 0.1) is 10.9 Å².